The molecule has 0 atom stereocenters. The Bertz CT molecular complexity index is 617. The Kier molecular flexibility index (Phi) is 6.46. The van der Waals surface area contributed by atoms with E-state index in [9.17, 15) is 9.59 Å². The zero-order valence-electron chi connectivity index (χ0n) is 12.5. The van der Waals surface area contributed by atoms with Crippen LogP contribution in [0.25, 0.3) is 0 Å². The molecule has 6 heteroatoms. The van der Waals surface area contributed by atoms with E-state index in [-0.39, 0.29) is 13.2 Å². The molecule has 1 N–H and O–H groups in total. The Morgan fingerprint density at radius 1 is 0.870 bits per heavy atom. The maximum atomic E-state index is 11.4. The fourth-order valence-corrected chi connectivity index (χ4v) is 1.78. The molecule has 0 saturated heterocycles. The van der Waals surface area contributed by atoms with Gasteiger partial charge in [-0.25, -0.2) is 15.0 Å². The fraction of sp³-hybridized carbons (Fsp3) is 0.176. The Labute approximate surface area is 134 Å². The van der Waals surface area contributed by atoms with Gasteiger partial charge in [0.15, 0.2) is 0 Å². The number of hydrogen-bond donors (Lipinski definition) is 1. The summed E-state index contributed by atoms with van der Waals surface area (Å²) < 4.78 is 9.78. The van der Waals surface area contributed by atoms with Crippen LogP contribution in [-0.4, -0.2) is 18.8 Å². The van der Waals surface area contributed by atoms with E-state index in [4.69, 9.17) is 9.47 Å². The van der Waals surface area contributed by atoms with Crippen LogP contribution in [0.15, 0.2) is 60.7 Å². The largest absolute Gasteiger partial charge is 0.451 e. The number of nitrogens with one attached hydrogen (secondary N) is 1. The van der Waals surface area contributed by atoms with E-state index < -0.39 is 12.2 Å². The Balaban J connectivity index is 1.57. The molecule has 0 aromatic heterocycles. The number of carbonyl (C=O) groups excluding carboxylic acids is 2. The van der Waals surface area contributed by atoms with Gasteiger partial charge in [-0.15, -0.1) is 0 Å². The van der Waals surface area contributed by atoms with Gasteiger partial charge in [0.25, 0.3) is 0 Å². The summed E-state index contributed by atoms with van der Waals surface area (Å²) in [6.45, 7) is 0.290. The first-order valence-electron chi connectivity index (χ1n) is 7.12. The molecule has 0 bridgehead atoms. The summed E-state index contributed by atoms with van der Waals surface area (Å²) >= 11 is 0. The minimum absolute atomic E-state index is 0.0912. The zero-order chi connectivity index (χ0) is 16.3. The molecular formula is C17H17N2O4. The van der Waals surface area contributed by atoms with Gasteiger partial charge in [-0.2, -0.15) is 0 Å². The molecule has 0 aliphatic heterocycles. The van der Waals surface area contributed by atoms with Crippen LogP contribution in [-0.2, 0) is 22.5 Å². The topological polar surface area (TPSA) is 78.7 Å². The quantitative estimate of drug-likeness (QED) is 0.861. The second-order valence-corrected chi connectivity index (χ2v) is 4.64. The van der Waals surface area contributed by atoms with Gasteiger partial charge < -0.3 is 9.47 Å². The second-order valence-electron chi connectivity index (χ2n) is 4.64. The summed E-state index contributed by atoms with van der Waals surface area (Å²) in [6.07, 6.45) is -1.08. The summed E-state index contributed by atoms with van der Waals surface area (Å²) in [7, 11) is 0. The third-order valence-corrected chi connectivity index (χ3v) is 2.91. The summed E-state index contributed by atoms with van der Waals surface area (Å²) in [6, 6.07) is 18.8. The predicted molar refractivity (Wildman–Crippen MR) is 83.4 cm³/mol. The third kappa shape index (κ3) is 6.52. The van der Waals surface area contributed by atoms with Crippen molar-refractivity contribution >= 4 is 12.2 Å². The lowest BCUT2D eigenvalue weighted by molar-refractivity contribution is 0.120. The molecule has 1 radical (unpaired) electrons. The lowest BCUT2D eigenvalue weighted by Gasteiger charge is -2.07. The van der Waals surface area contributed by atoms with Crippen molar-refractivity contribution in [2.24, 2.45) is 0 Å². The van der Waals surface area contributed by atoms with Crippen molar-refractivity contribution in [3.63, 3.8) is 0 Å². The summed E-state index contributed by atoms with van der Waals surface area (Å²) in [5.74, 6) is 0. The van der Waals surface area contributed by atoms with Crippen molar-refractivity contribution in [1.82, 2.24) is 10.9 Å². The van der Waals surface area contributed by atoms with Gasteiger partial charge in [-0.1, -0.05) is 66.1 Å². The van der Waals surface area contributed by atoms with Crippen molar-refractivity contribution in [2.45, 2.75) is 13.0 Å². The zero-order valence-corrected chi connectivity index (χ0v) is 12.5. The average molecular weight is 313 g/mol. The highest BCUT2D eigenvalue weighted by atomic mass is 16.6. The van der Waals surface area contributed by atoms with Gasteiger partial charge in [0.1, 0.15) is 6.61 Å². The smallest absolute Gasteiger partial charge is 0.448 e. The number of ether oxygens (including phenoxy) is 2. The molecular weight excluding hydrogens is 296 g/mol. The van der Waals surface area contributed by atoms with E-state index in [1.165, 1.54) is 0 Å². The van der Waals surface area contributed by atoms with E-state index in [0.717, 1.165) is 11.1 Å². The highest BCUT2D eigenvalue weighted by molar-refractivity contribution is 5.73. The molecule has 0 heterocycles. The molecule has 0 aliphatic rings. The van der Waals surface area contributed by atoms with E-state index in [1.807, 2.05) is 66.1 Å². The monoisotopic (exact) mass is 313 g/mol. The number of rotatable bonds is 5. The van der Waals surface area contributed by atoms with Gasteiger partial charge in [-0.3, -0.25) is 0 Å². The van der Waals surface area contributed by atoms with Gasteiger partial charge >= 0.3 is 12.2 Å². The summed E-state index contributed by atoms with van der Waals surface area (Å²) in [5.41, 5.74) is 7.16. The van der Waals surface area contributed by atoms with Gasteiger partial charge in [0, 0.05) is 6.42 Å². The molecule has 23 heavy (non-hydrogen) atoms. The normalized spacial score (nSPS) is 9.74. The minimum Gasteiger partial charge on any atom is -0.448 e. The first kappa shape index (κ1) is 16.4. The first-order valence-corrected chi connectivity index (χ1v) is 7.12. The standard InChI is InChI=1S/C17H17N2O4/c20-16(22-12-11-14-7-3-1-4-8-14)18-19-17(21)23-13-15-9-5-2-6-10-15/h1-10H,11-13H2,(H,18,20). The maximum Gasteiger partial charge on any atom is 0.451 e. The number of carbonyl (C=O) groups is 2. The molecule has 2 amide bonds. The van der Waals surface area contributed by atoms with Gasteiger partial charge in [0.2, 0.25) is 0 Å². The minimum atomic E-state index is -0.881. The number of nitrogens with zero attached hydrogens (tertiary/aromatic N) is 1. The van der Waals surface area contributed by atoms with Gasteiger partial charge in [-0.05, 0) is 11.1 Å². The molecule has 0 fully saturated rings. The van der Waals surface area contributed by atoms with Crippen LogP contribution in [0.3, 0.4) is 0 Å². The Morgan fingerprint density at radius 3 is 2.13 bits per heavy atom. The van der Waals surface area contributed by atoms with Crippen molar-refractivity contribution in [3.8, 4) is 0 Å². The third-order valence-electron chi connectivity index (χ3n) is 2.91. The van der Waals surface area contributed by atoms with Crippen LogP contribution in [0, 0.1) is 0 Å². The average Bonchev–Trinajstić information content (AvgIpc) is 2.60. The van der Waals surface area contributed by atoms with Crippen molar-refractivity contribution in [3.05, 3.63) is 71.8 Å². The number of amides is 2. The van der Waals surface area contributed by atoms with E-state index >= 15 is 0 Å². The molecule has 119 valence electrons. The molecule has 0 saturated carbocycles. The van der Waals surface area contributed by atoms with Crippen LogP contribution < -0.4 is 10.9 Å². The maximum absolute atomic E-state index is 11.4. The summed E-state index contributed by atoms with van der Waals surface area (Å²) in [4.78, 5) is 22.7. The Hall–Kier alpha value is -3.02. The van der Waals surface area contributed by atoms with Gasteiger partial charge in [0.05, 0.1) is 6.61 Å². The molecule has 0 unspecified atom stereocenters. The van der Waals surface area contributed by atoms with E-state index in [2.05, 4.69) is 5.43 Å². The lowest BCUT2D eigenvalue weighted by atomic mass is 10.2. The lowest BCUT2D eigenvalue weighted by Crippen LogP contribution is -2.36. The van der Waals surface area contributed by atoms with Crippen LogP contribution in [0.5, 0.6) is 0 Å². The SMILES string of the molecule is O=C([N]NC(=O)OCCc1ccccc1)OCc1ccccc1. The van der Waals surface area contributed by atoms with Crippen LogP contribution in [0.1, 0.15) is 11.1 Å². The molecule has 2 rings (SSSR count). The van der Waals surface area contributed by atoms with Crippen LogP contribution in [0.2, 0.25) is 0 Å². The second kappa shape index (κ2) is 9.09. The van der Waals surface area contributed by atoms with E-state index in [1.54, 1.807) is 0 Å². The predicted octanol–water partition coefficient (Wildman–Crippen LogP) is 2.81. The Morgan fingerprint density at radius 2 is 1.48 bits per heavy atom. The first-order chi connectivity index (χ1) is 11.2. The molecule has 6 nitrogen and oxygen atoms in total. The number of hydrogen-bond acceptors (Lipinski definition) is 4. The molecule has 0 spiro atoms. The van der Waals surface area contributed by atoms with E-state index in [0.29, 0.717) is 6.42 Å². The highest BCUT2D eigenvalue weighted by Gasteiger charge is 2.08. The molecule has 2 aromatic carbocycles. The van der Waals surface area contributed by atoms with Crippen molar-refractivity contribution in [1.29, 1.82) is 0 Å². The molecule has 2 aromatic rings. The van der Waals surface area contributed by atoms with Crippen LogP contribution >= 0.6 is 0 Å². The van der Waals surface area contributed by atoms with Crippen molar-refractivity contribution in [2.75, 3.05) is 6.61 Å². The fourth-order valence-electron chi connectivity index (χ4n) is 1.78. The number of benzene rings is 2. The highest BCUT2D eigenvalue weighted by Crippen LogP contribution is 2.01. The molecule has 0 aliphatic carbocycles. The van der Waals surface area contributed by atoms with Crippen LogP contribution in [0.4, 0.5) is 9.59 Å². The summed E-state index contributed by atoms with van der Waals surface area (Å²) in [5, 5.41) is 0. The van der Waals surface area contributed by atoms with Crippen molar-refractivity contribution < 1.29 is 19.1 Å².